The highest BCUT2D eigenvalue weighted by molar-refractivity contribution is 5.95. The van der Waals surface area contributed by atoms with Crippen LogP contribution in [0.15, 0.2) is 53.3 Å². The molecule has 0 aliphatic heterocycles. The van der Waals surface area contributed by atoms with Gasteiger partial charge in [0.15, 0.2) is 0 Å². The molecule has 0 saturated heterocycles. The van der Waals surface area contributed by atoms with Crippen LogP contribution in [-0.2, 0) is 13.1 Å². The van der Waals surface area contributed by atoms with E-state index >= 15 is 0 Å². The molecule has 0 aliphatic carbocycles. The smallest absolute Gasteiger partial charge is 0.346 e. The first-order chi connectivity index (χ1) is 14.0. The lowest BCUT2D eigenvalue weighted by molar-refractivity contribution is 0.0697. The average molecular weight is 393 g/mol. The largest absolute Gasteiger partial charge is 0.478 e. The Morgan fingerprint density at radius 1 is 1.10 bits per heavy atom. The van der Waals surface area contributed by atoms with Gasteiger partial charge >= 0.3 is 11.7 Å². The monoisotopic (exact) mass is 393 g/mol. The minimum absolute atomic E-state index is 0.0811. The molecule has 3 rings (SSSR count). The zero-order valence-corrected chi connectivity index (χ0v) is 17.1. The number of aryl methyl sites for hydroxylation is 1. The molecule has 29 heavy (non-hydrogen) atoms. The number of carbonyl (C=O) groups is 1. The van der Waals surface area contributed by atoms with E-state index < -0.39 is 5.97 Å². The number of rotatable bonds is 8. The van der Waals surface area contributed by atoms with Gasteiger partial charge in [0.1, 0.15) is 5.82 Å². The Morgan fingerprint density at radius 3 is 2.41 bits per heavy atom. The predicted octanol–water partition coefficient (Wildman–Crippen LogP) is 4.38. The van der Waals surface area contributed by atoms with Crippen LogP contribution in [0.3, 0.4) is 0 Å². The minimum Gasteiger partial charge on any atom is -0.478 e. The van der Waals surface area contributed by atoms with Crippen molar-refractivity contribution in [2.75, 3.05) is 0 Å². The van der Waals surface area contributed by atoms with E-state index in [2.05, 4.69) is 18.9 Å². The molecular formula is C23H27N3O3. The second-order valence-corrected chi connectivity index (χ2v) is 7.31. The number of aromatic carboxylic acids is 1. The third-order valence-electron chi connectivity index (χ3n) is 5.20. The number of carboxylic acid groups (broad SMARTS) is 1. The van der Waals surface area contributed by atoms with Crippen LogP contribution in [0.5, 0.6) is 0 Å². The maximum absolute atomic E-state index is 12.8. The van der Waals surface area contributed by atoms with Crippen LogP contribution in [0.4, 0.5) is 0 Å². The van der Waals surface area contributed by atoms with Crippen molar-refractivity contribution < 1.29 is 9.90 Å². The maximum Gasteiger partial charge on any atom is 0.346 e. The molecule has 0 fully saturated rings. The molecular weight excluding hydrogens is 366 g/mol. The fourth-order valence-corrected chi connectivity index (χ4v) is 3.40. The van der Waals surface area contributed by atoms with Crippen molar-refractivity contribution in [1.82, 2.24) is 14.3 Å². The van der Waals surface area contributed by atoms with Gasteiger partial charge in [0.05, 0.1) is 12.1 Å². The van der Waals surface area contributed by atoms with Gasteiger partial charge < -0.3 is 5.11 Å². The second kappa shape index (κ2) is 8.90. The Labute approximate surface area is 170 Å². The molecule has 1 unspecified atom stereocenters. The summed E-state index contributed by atoms with van der Waals surface area (Å²) in [5.41, 5.74) is 2.69. The van der Waals surface area contributed by atoms with Crippen molar-refractivity contribution in [3.8, 4) is 11.1 Å². The molecule has 6 heteroatoms. The summed E-state index contributed by atoms with van der Waals surface area (Å²) in [7, 11) is 0. The molecule has 6 nitrogen and oxygen atoms in total. The Hall–Kier alpha value is -3.15. The molecule has 1 heterocycles. The predicted molar refractivity (Wildman–Crippen MR) is 113 cm³/mol. The van der Waals surface area contributed by atoms with Gasteiger partial charge in [-0.25, -0.2) is 14.3 Å². The van der Waals surface area contributed by atoms with Crippen LogP contribution in [0, 0.1) is 0 Å². The van der Waals surface area contributed by atoms with Crippen LogP contribution in [0.2, 0.25) is 0 Å². The maximum atomic E-state index is 12.8. The van der Waals surface area contributed by atoms with Crippen molar-refractivity contribution in [2.45, 2.75) is 52.6 Å². The highest BCUT2D eigenvalue weighted by atomic mass is 16.4. The van der Waals surface area contributed by atoms with Crippen molar-refractivity contribution in [1.29, 1.82) is 0 Å². The number of benzene rings is 2. The standard InChI is InChI=1S/C23H27N3O3/c1-4-14-26-23(29)25(21(24-26)16(3)5-2)15-17-10-12-18(13-11-17)19-8-6-7-9-20(19)22(27)28/h6-13,16H,4-5,14-15H2,1-3H3,(H,27,28). The molecule has 0 aliphatic rings. The lowest BCUT2D eigenvalue weighted by atomic mass is 9.98. The zero-order valence-electron chi connectivity index (χ0n) is 17.1. The van der Waals surface area contributed by atoms with Gasteiger partial charge in [-0.05, 0) is 35.6 Å². The van der Waals surface area contributed by atoms with Crippen molar-refractivity contribution in [2.24, 2.45) is 0 Å². The second-order valence-electron chi connectivity index (χ2n) is 7.31. The lowest BCUT2D eigenvalue weighted by Crippen LogP contribution is -2.26. The summed E-state index contributed by atoms with van der Waals surface area (Å²) < 4.78 is 3.31. The summed E-state index contributed by atoms with van der Waals surface area (Å²) in [6.07, 6.45) is 1.77. The molecule has 0 radical (unpaired) electrons. The number of nitrogens with zero attached hydrogens (tertiary/aromatic N) is 3. The molecule has 152 valence electrons. The van der Waals surface area contributed by atoms with Gasteiger partial charge in [-0.15, -0.1) is 0 Å². The average Bonchev–Trinajstić information content (AvgIpc) is 3.04. The van der Waals surface area contributed by atoms with Gasteiger partial charge in [-0.2, -0.15) is 5.10 Å². The van der Waals surface area contributed by atoms with Gasteiger partial charge in [-0.1, -0.05) is 63.2 Å². The Balaban J connectivity index is 1.93. The van der Waals surface area contributed by atoms with Gasteiger partial charge in [-0.3, -0.25) is 4.57 Å². The third-order valence-corrected chi connectivity index (χ3v) is 5.20. The van der Waals surface area contributed by atoms with Gasteiger partial charge in [0.25, 0.3) is 0 Å². The van der Waals surface area contributed by atoms with E-state index in [1.165, 1.54) is 0 Å². The number of hydrogen-bond acceptors (Lipinski definition) is 3. The molecule has 0 saturated carbocycles. The summed E-state index contributed by atoms with van der Waals surface area (Å²) in [5.74, 6) is 0.0616. The summed E-state index contributed by atoms with van der Waals surface area (Å²) >= 11 is 0. The molecule has 0 spiro atoms. The fraction of sp³-hybridized carbons (Fsp3) is 0.348. The highest BCUT2D eigenvalue weighted by Crippen LogP contribution is 2.24. The molecule has 0 bridgehead atoms. The van der Waals surface area contributed by atoms with Gasteiger partial charge in [0.2, 0.25) is 0 Å². The number of hydrogen-bond donors (Lipinski definition) is 1. The summed E-state index contributed by atoms with van der Waals surface area (Å²) in [4.78, 5) is 24.3. The van der Waals surface area contributed by atoms with E-state index in [1.807, 2.05) is 37.3 Å². The van der Waals surface area contributed by atoms with E-state index in [0.717, 1.165) is 29.8 Å². The van der Waals surface area contributed by atoms with Gasteiger partial charge in [0, 0.05) is 12.5 Å². The Bertz CT molecular complexity index is 1050. The van der Waals surface area contributed by atoms with Crippen molar-refractivity contribution in [3.63, 3.8) is 0 Å². The van der Waals surface area contributed by atoms with E-state index in [0.29, 0.717) is 18.7 Å². The van der Waals surface area contributed by atoms with Crippen LogP contribution in [0.25, 0.3) is 11.1 Å². The number of carboxylic acids is 1. The first kappa shape index (κ1) is 20.6. The quantitative estimate of drug-likeness (QED) is 0.616. The lowest BCUT2D eigenvalue weighted by Gasteiger charge is -2.11. The van der Waals surface area contributed by atoms with E-state index in [-0.39, 0.29) is 17.2 Å². The Morgan fingerprint density at radius 2 is 1.79 bits per heavy atom. The molecule has 0 amide bonds. The van der Waals surface area contributed by atoms with E-state index in [9.17, 15) is 14.7 Å². The van der Waals surface area contributed by atoms with Crippen LogP contribution in [-0.4, -0.2) is 25.4 Å². The minimum atomic E-state index is -0.947. The summed E-state index contributed by atoms with van der Waals surface area (Å²) in [6, 6.07) is 14.7. The molecule has 1 aromatic heterocycles. The molecule has 3 aromatic rings. The zero-order chi connectivity index (χ0) is 21.0. The fourth-order valence-electron chi connectivity index (χ4n) is 3.40. The summed E-state index contributed by atoms with van der Waals surface area (Å²) in [5, 5.41) is 14.0. The molecule has 2 aromatic carbocycles. The highest BCUT2D eigenvalue weighted by Gasteiger charge is 2.18. The third kappa shape index (κ3) is 4.31. The summed E-state index contributed by atoms with van der Waals surface area (Å²) in [6.45, 7) is 7.26. The van der Waals surface area contributed by atoms with Crippen LogP contribution < -0.4 is 5.69 Å². The van der Waals surface area contributed by atoms with Crippen LogP contribution in [0.1, 0.15) is 61.3 Å². The topological polar surface area (TPSA) is 77.1 Å². The first-order valence-electron chi connectivity index (χ1n) is 10.0. The van der Waals surface area contributed by atoms with E-state index in [1.54, 1.807) is 27.4 Å². The van der Waals surface area contributed by atoms with Crippen molar-refractivity contribution in [3.05, 3.63) is 76.0 Å². The van der Waals surface area contributed by atoms with Crippen molar-refractivity contribution >= 4 is 5.97 Å². The van der Waals surface area contributed by atoms with Crippen LogP contribution >= 0.6 is 0 Å². The number of aromatic nitrogens is 3. The Kier molecular flexibility index (Phi) is 6.32. The van der Waals surface area contributed by atoms with E-state index in [4.69, 9.17) is 0 Å². The SMILES string of the molecule is CCCn1nc(C(C)CC)n(Cc2ccc(-c3ccccc3C(=O)O)cc2)c1=O. The normalized spacial score (nSPS) is 12.1. The molecule has 1 atom stereocenters. The first-order valence-corrected chi connectivity index (χ1v) is 10.0. The molecule has 1 N–H and O–H groups in total.